The van der Waals surface area contributed by atoms with E-state index in [1.165, 1.54) is 31.2 Å². The van der Waals surface area contributed by atoms with Crippen LogP contribution in [0.2, 0.25) is 0 Å². The van der Waals surface area contributed by atoms with Gasteiger partial charge in [-0.3, -0.25) is 14.9 Å². The number of ether oxygens (including phenoxy) is 1. The highest BCUT2D eigenvalue weighted by Gasteiger charge is 2.23. The molecule has 0 N–H and O–H groups in total. The third kappa shape index (κ3) is 3.46. The number of nitro groups is 2. The van der Waals surface area contributed by atoms with Gasteiger partial charge in [-0.15, -0.1) is 0 Å². The molecule has 9 nitrogen and oxygen atoms in total. The number of Topliss-reactive ketones (excluding diaryl/α,β-unsaturated/α-hetero) is 1. The van der Waals surface area contributed by atoms with Crippen molar-refractivity contribution in [3.63, 3.8) is 0 Å². The summed E-state index contributed by atoms with van der Waals surface area (Å²) in [4.78, 5) is 35.7. The number of rotatable bonds is 5. The number of benzene rings is 1. The summed E-state index contributed by atoms with van der Waals surface area (Å²) in [5.74, 6) is -1.33. The van der Waals surface area contributed by atoms with E-state index in [2.05, 4.69) is 4.98 Å². The van der Waals surface area contributed by atoms with Crippen LogP contribution in [0.1, 0.15) is 23.0 Å². The number of nitrogens with zero attached hydrogens (tertiary/aromatic N) is 3. The van der Waals surface area contributed by atoms with Crippen molar-refractivity contribution < 1.29 is 19.4 Å². The molecule has 0 fully saturated rings. The van der Waals surface area contributed by atoms with Crippen molar-refractivity contribution in [3.05, 3.63) is 61.8 Å². The maximum absolute atomic E-state index is 11.3. The zero-order valence-electron chi connectivity index (χ0n) is 12.2. The average Bonchev–Trinajstić information content (AvgIpc) is 2.48. The van der Waals surface area contributed by atoms with Gasteiger partial charge in [0, 0.05) is 18.6 Å². The van der Waals surface area contributed by atoms with E-state index in [-0.39, 0.29) is 22.8 Å². The zero-order valence-corrected chi connectivity index (χ0v) is 12.2. The Morgan fingerprint density at radius 1 is 1.09 bits per heavy atom. The highest BCUT2D eigenvalue weighted by Crippen LogP contribution is 2.35. The fourth-order valence-corrected chi connectivity index (χ4v) is 1.82. The molecule has 0 amide bonds. The second kappa shape index (κ2) is 6.18. The smallest absolute Gasteiger partial charge is 0.407 e. The largest absolute Gasteiger partial charge is 0.441 e. The average molecular weight is 317 g/mol. The topological polar surface area (TPSA) is 125 Å². The maximum atomic E-state index is 11.3. The standard InChI is InChI=1S/C14H11N3O6/c1-8-3-5-13(14(15-8)17(21)22)23-12-6-4-10(9(2)18)7-11(12)16(19)20/h3-7H,1-2H3. The van der Waals surface area contributed by atoms with Crippen molar-refractivity contribution in [3.8, 4) is 11.5 Å². The summed E-state index contributed by atoms with van der Waals surface area (Å²) < 4.78 is 5.30. The first-order chi connectivity index (χ1) is 10.8. The molecule has 0 bridgehead atoms. The molecule has 0 aliphatic carbocycles. The summed E-state index contributed by atoms with van der Waals surface area (Å²) in [6.07, 6.45) is 0. The third-order valence-corrected chi connectivity index (χ3v) is 2.93. The first-order valence-corrected chi connectivity index (χ1v) is 6.39. The van der Waals surface area contributed by atoms with Gasteiger partial charge < -0.3 is 14.9 Å². The second-order valence-corrected chi connectivity index (χ2v) is 4.63. The summed E-state index contributed by atoms with van der Waals surface area (Å²) >= 11 is 0. The van der Waals surface area contributed by atoms with Gasteiger partial charge in [0.15, 0.2) is 5.78 Å². The normalized spacial score (nSPS) is 10.2. The van der Waals surface area contributed by atoms with Gasteiger partial charge in [0.1, 0.15) is 5.69 Å². The van der Waals surface area contributed by atoms with Crippen LogP contribution in [-0.4, -0.2) is 20.6 Å². The zero-order chi connectivity index (χ0) is 17.1. The highest BCUT2D eigenvalue weighted by molar-refractivity contribution is 5.95. The van der Waals surface area contributed by atoms with Crippen LogP contribution in [-0.2, 0) is 0 Å². The molecule has 0 aliphatic rings. The molecule has 0 atom stereocenters. The Morgan fingerprint density at radius 3 is 2.30 bits per heavy atom. The van der Waals surface area contributed by atoms with Gasteiger partial charge in [-0.25, -0.2) is 0 Å². The van der Waals surface area contributed by atoms with Crippen molar-refractivity contribution in [1.82, 2.24) is 4.98 Å². The van der Waals surface area contributed by atoms with Crippen LogP contribution in [0.3, 0.4) is 0 Å². The molecule has 2 rings (SSSR count). The van der Waals surface area contributed by atoms with E-state index < -0.39 is 21.4 Å². The molecule has 2 aromatic rings. The van der Waals surface area contributed by atoms with Gasteiger partial charge in [-0.1, -0.05) is 0 Å². The lowest BCUT2D eigenvalue weighted by Gasteiger charge is -2.07. The molecule has 0 spiro atoms. The van der Waals surface area contributed by atoms with Crippen molar-refractivity contribution in [2.24, 2.45) is 0 Å². The van der Waals surface area contributed by atoms with Gasteiger partial charge in [-0.05, 0) is 41.1 Å². The Kier molecular flexibility index (Phi) is 4.30. The van der Waals surface area contributed by atoms with Crippen LogP contribution in [0.5, 0.6) is 11.5 Å². The van der Waals surface area contributed by atoms with E-state index >= 15 is 0 Å². The Labute approximate surface area is 129 Å². The van der Waals surface area contributed by atoms with Gasteiger partial charge in [0.05, 0.1) is 4.92 Å². The van der Waals surface area contributed by atoms with Crippen LogP contribution < -0.4 is 4.74 Å². The summed E-state index contributed by atoms with van der Waals surface area (Å²) in [7, 11) is 0. The van der Waals surface area contributed by atoms with Crippen molar-refractivity contribution >= 4 is 17.3 Å². The first-order valence-electron chi connectivity index (χ1n) is 6.39. The second-order valence-electron chi connectivity index (χ2n) is 4.63. The van der Waals surface area contributed by atoms with Gasteiger partial charge in [-0.2, -0.15) is 0 Å². The number of aromatic nitrogens is 1. The van der Waals surface area contributed by atoms with E-state index in [1.807, 2.05) is 0 Å². The molecule has 0 saturated carbocycles. The molecule has 1 aromatic heterocycles. The monoisotopic (exact) mass is 317 g/mol. The molecule has 1 aromatic carbocycles. The minimum absolute atomic E-state index is 0.139. The molecule has 0 unspecified atom stereocenters. The van der Waals surface area contributed by atoms with Gasteiger partial charge >= 0.3 is 11.5 Å². The lowest BCUT2D eigenvalue weighted by atomic mass is 10.1. The number of carbonyl (C=O) groups is 1. The summed E-state index contributed by atoms with van der Waals surface area (Å²) in [6, 6.07) is 6.42. The minimum atomic E-state index is -0.738. The van der Waals surface area contributed by atoms with Crippen LogP contribution >= 0.6 is 0 Å². The van der Waals surface area contributed by atoms with E-state index in [1.54, 1.807) is 6.92 Å². The third-order valence-electron chi connectivity index (χ3n) is 2.93. The predicted octanol–water partition coefficient (Wildman–Crippen LogP) is 3.20. The maximum Gasteiger partial charge on any atom is 0.407 e. The Bertz CT molecular complexity index is 818. The quantitative estimate of drug-likeness (QED) is 0.470. The number of aryl methyl sites for hydroxylation is 1. The number of hydrogen-bond acceptors (Lipinski definition) is 7. The lowest BCUT2D eigenvalue weighted by molar-refractivity contribution is -0.391. The minimum Gasteiger partial charge on any atom is -0.441 e. The number of carbonyl (C=O) groups excluding carboxylic acids is 1. The Balaban J connectivity index is 2.50. The van der Waals surface area contributed by atoms with Crippen molar-refractivity contribution in [2.45, 2.75) is 13.8 Å². The van der Waals surface area contributed by atoms with Crippen LogP contribution in [0.25, 0.3) is 0 Å². The number of nitro benzene ring substituents is 1. The van der Waals surface area contributed by atoms with Gasteiger partial charge in [0.2, 0.25) is 11.5 Å². The number of hydrogen-bond donors (Lipinski definition) is 0. The lowest BCUT2D eigenvalue weighted by Crippen LogP contribution is -2.01. The molecule has 0 aliphatic heterocycles. The van der Waals surface area contributed by atoms with E-state index in [4.69, 9.17) is 4.74 Å². The van der Waals surface area contributed by atoms with E-state index in [0.717, 1.165) is 6.07 Å². The van der Waals surface area contributed by atoms with Crippen LogP contribution in [0.15, 0.2) is 30.3 Å². The molecule has 0 radical (unpaired) electrons. The molecule has 9 heteroatoms. The SMILES string of the molecule is CC(=O)c1ccc(Oc2ccc(C)nc2[N+](=O)[O-])c([N+](=O)[O-])c1. The molecular formula is C14H11N3O6. The molecule has 1 heterocycles. The highest BCUT2D eigenvalue weighted by atomic mass is 16.6. The van der Waals surface area contributed by atoms with Crippen LogP contribution in [0, 0.1) is 27.2 Å². The fourth-order valence-electron chi connectivity index (χ4n) is 1.82. The molecule has 23 heavy (non-hydrogen) atoms. The van der Waals surface area contributed by atoms with E-state index in [9.17, 15) is 25.0 Å². The van der Waals surface area contributed by atoms with Crippen LogP contribution in [0.4, 0.5) is 11.5 Å². The molecular weight excluding hydrogens is 306 g/mol. The fraction of sp³-hybridized carbons (Fsp3) is 0.143. The number of pyridine rings is 1. The predicted molar refractivity (Wildman–Crippen MR) is 78.8 cm³/mol. The van der Waals surface area contributed by atoms with Crippen molar-refractivity contribution in [2.75, 3.05) is 0 Å². The van der Waals surface area contributed by atoms with Gasteiger partial charge in [0.25, 0.3) is 0 Å². The first kappa shape index (κ1) is 16.0. The summed E-state index contributed by atoms with van der Waals surface area (Å²) in [6.45, 7) is 2.84. The molecule has 0 saturated heterocycles. The number of ketones is 1. The summed E-state index contributed by atoms with van der Waals surface area (Å²) in [5.41, 5.74) is 0.0821. The summed E-state index contributed by atoms with van der Waals surface area (Å²) in [5, 5.41) is 22.1. The Morgan fingerprint density at radius 2 is 1.74 bits per heavy atom. The molecule has 118 valence electrons. The van der Waals surface area contributed by atoms with Crippen molar-refractivity contribution in [1.29, 1.82) is 0 Å². The Hall–Kier alpha value is -3.36. The van der Waals surface area contributed by atoms with E-state index in [0.29, 0.717) is 5.69 Å².